The van der Waals surface area contributed by atoms with Crippen molar-refractivity contribution in [1.29, 1.82) is 0 Å². The van der Waals surface area contributed by atoms with Crippen LogP contribution in [0.3, 0.4) is 0 Å². The summed E-state index contributed by atoms with van der Waals surface area (Å²) < 4.78 is 1.01. The standard InChI is InChI=1S/C12H14BrN3/c1-9-7-10(13)8-16-12(9)15-6-4-11-3-2-5-14-11/h2-3,5,7-8,14H,4,6H2,1H3,(H,15,16). The first-order chi connectivity index (χ1) is 7.75. The van der Waals surface area contributed by atoms with Gasteiger partial charge in [0, 0.05) is 35.5 Å². The lowest BCUT2D eigenvalue weighted by atomic mass is 10.2. The Kier molecular flexibility index (Phi) is 3.62. The Balaban J connectivity index is 1.90. The lowest BCUT2D eigenvalue weighted by Crippen LogP contribution is -2.07. The molecule has 0 fully saturated rings. The topological polar surface area (TPSA) is 40.7 Å². The number of aromatic nitrogens is 2. The first kappa shape index (κ1) is 11.2. The number of hydrogen-bond donors (Lipinski definition) is 2. The van der Waals surface area contributed by atoms with Crippen molar-refractivity contribution in [3.8, 4) is 0 Å². The molecule has 0 unspecified atom stereocenters. The molecule has 0 aliphatic carbocycles. The molecule has 2 heterocycles. The average molecular weight is 280 g/mol. The molecule has 0 radical (unpaired) electrons. The van der Waals surface area contributed by atoms with Crippen molar-refractivity contribution in [2.24, 2.45) is 0 Å². The van der Waals surface area contributed by atoms with E-state index in [-0.39, 0.29) is 0 Å². The normalized spacial score (nSPS) is 10.4. The molecule has 0 aromatic carbocycles. The van der Waals surface area contributed by atoms with Crippen LogP contribution in [0.15, 0.2) is 35.1 Å². The molecule has 0 spiro atoms. The van der Waals surface area contributed by atoms with Crippen LogP contribution in [0.5, 0.6) is 0 Å². The highest BCUT2D eigenvalue weighted by Crippen LogP contribution is 2.16. The van der Waals surface area contributed by atoms with Crippen LogP contribution in [-0.4, -0.2) is 16.5 Å². The lowest BCUT2D eigenvalue weighted by Gasteiger charge is -2.07. The van der Waals surface area contributed by atoms with Gasteiger partial charge in [0.05, 0.1) is 0 Å². The maximum absolute atomic E-state index is 4.33. The van der Waals surface area contributed by atoms with Crippen LogP contribution in [-0.2, 0) is 6.42 Å². The summed E-state index contributed by atoms with van der Waals surface area (Å²) in [5.41, 5.74) is 2.39. The van der Waals surface area contributed by atoms with E-state index in [1.54, 1.807) is 0 Å². The Bertz CT molecular complexity index is 451. The number of rotatable bonds is 4. The van der Waals surface area contributed by atoms with E-state index in [0.29, 0.717) is 0 Å². The van der Waals surface area contributed by atoms with Crippen LogP contribution >= 0.6 is 15.9 Å². The Morgan fingerprint density at radius 2 is 2.38 bits per heavy atom. The molecule has 2 aromatic rings. The molecule has 0 saturated carbocycles. The second-order valence-electron chi connectivity index (χ2n) is 3.69. The summed E-state index contributed by atoms with van der Waals surface area (Å²) in [4.78, 5) is 7.51. The molecule has 84 valence electrons. The van der Waals surface area contributed by atoms with Gasteiger partial charge < -0.3 is 10.3 Å². The fourth-order valence-electron chi connectivity index (χ4n) is 1.56. The first-order valence-corrected chi connectivity index (χ1v) is 6.03. The maximum atomic E-state index is 4.33. The van der Waals surface area contributed by atoms with E-state index < -0.39 is 0 Å². The highest BCUT2D eigenvalue weighted by molar-refractivity contribution is 9.10. The zero-order valence-electron chi connectivity index (χ0n) is 9.13. The molecule has 2 aromatic heterocycles. The number of aromatic amines is 1. The predicted molar refractivity (Wildman–Crippen MR) is 69.7 cm³/mol. The number of anilines is 1. The van der Waals surface area contributed by atoms with Crippen LogP contribution in [0.1, 0.15) is 11.3 Å². The van der Waals surface area contributed by atoms with Crippen LogP contribution in [0.25, 0.3) is 0 Å². The summed E-state index contributed by atoms with van der Waals surface area (Å²) in [6.07, 6.45) is 4.73. The van der Waals surface area contributed by atoms with Gasteiger partial charge in [0.2, 0.25) is 0 Å². The number of halogens is 1. The lowest BCUT2D eigenvalue weighted by molar-refractivity contribution is 0.964. The van der Waals surface area contributed by atoms with Gasteiger partial charge in [-0.2, -0.15) is 0 Å². The van der Waals surface area contributed by atoms with Crippen molar-refractivity contribution in [3.05, 3.63) is 46.3 Å². The molecule has 0 bridgehead atoms. The minimum absolute atomic E-state index is 0.885. The third-order valence-electron chi connectivity index (χ3n) is 2.39. The largest absolute Gasteiger partial charge is 0.369 e. The van der Waals surface area contributed by atoms with Crippen LogP contribution < -0.4 is 5.32 Å². The molecule has 0 amide bonds. The van der Waals surface area contributed by atoms with Crippen molar-refractivity contribution < 1.29 is 0 Å². The van der Waals surface area contributed by atoms with Gasteiger partial charge in [0.25, 0.3) is 0 Å². The summed E-state index contributed by atoms with van der Waals surface area (Å²) in [7, 11) is 0. The Hall–Kier alpha value is -1.29. The molecule has 2 rings (SSSR count). The zero-order valence-corrected chi connectivity index (χ0v) is 10.7. The zero-order chi connectivity index (χ0) is 11.4. The summed E-state index contributed by atoms with van der Waals surface area (Å²) in [5, 5.41) is 3.33. The summed E-state index contributed by atoms with van der Waals surface area (Å²) in [6.45, 7) is 2.94. The highest BCUT2D eigenvalue weighted by Gasteiger charge is 2.00. The second kappa shape index (κ2) is 5.16. The molecule has 2 N–H and O–H groups in total. The quantitative estimate of drug-likeness (QED) is 0.903. The number of nitrogens with one attached hydrogen (secondary N) is 2. The molecule has 0 aliphatic rings. The van der Waals surface area contributed by atoms with Gasteiger partial charge >= 0.3 is 0 Å². The highest BCUT2D eigenvalue weighted by atomic mass is 79.9. The van der Waals surface area contributed by atoms with Crippen LogP contribution in [0.2, 0.25) is 0 Å². The van der Waals surface area contributed by atoms with Crippen LogP contribution in [0.4, 0.5) is 5.82 Å². The van der Waals surface area contributed by atoms with E-state index >= 15 is 0 Å². The minimum atomic E-state index is 0.885. The molecular weight excluding hydrogens is 266 g/mol. The molecule has 0 atom stereocenters. The Labute approximate surface area is 103 Å². The van der Waals surface area contributed by atoms with Gasteiger partial charge in [-0.15, -0.1) is 0 Å². The number of H-pyrrole nitrogens is 1. The van der Waals surface area contributed by atoms with Crippen molar-refractivity contribution in [1.82, 2.24) is 9.97 Å². The van der Waals surface area contributed by atoms with Gasteiger partial charge in [-0.05, 0) is 46.6 Å². The molecule has 0 saturated heterocycles. The molecule has 0 aliphatic heterocycles. The predicted octanol–water partition coefficient (Wildman–Crippen LogP) is 3.14. The van der Waals surface area contributed by atoms with Crippen molar-refractivity contribution in [3.63, 3.8) is 0 Å². The Morgan fingerprint density at radius 3 is 3.06 bits per heavy atom. The number of pyridine rings is 1. The van der Waals surface area contributed by atoms with Crippen molar-refractivity contribution in [2.45, 2.75) is 13.3 Å². The van der Waals surface area contributed by atoms with Gasteiger partial charge in [-0.25, -0.2) is 4.98 Å². The van der Waals surface area contributed by atoms with E-state index in [0.717, 1.165) is 28.8 Å². The number of nitrogens with zero attached hydrogens (tertiary/aromatic N) is 1. The van der Waals surface area contributed by atoms with E-state index in [4.69, 9.17) is 0 Å². The van der Waals surface area contributed by atoms with E-state index in [9.17, 15) is 0 Å². The average Bonchev–Trinajstić information content (AvgIpc) is 2.74. The third-order valence-corrected chi connectivity index (χ3v) is 2.83. The Morgan fingerprint density at radius 1 is 1.50 bits per heavy atom. The van der Waals surface area contributed by atoms with Crippen molar-refractivity contribution in [2.75, 3.05) is 11.9 Å². The van der Waals surface area contributed by atoms with E-state index in [1.165, 1.54) is 5.69 Å². The van der Waals surface area contributed by atoms with Gasteiger partial charge in [0.1, 0.15) is 5.82 Å². The fraction of sp³-hybridized carbons (Fsp3) is 0.250. The monoisotopic (exact) mass is 279 g/mol. The molecule has 16 heavy (non-hydrogen) atoms. The van der Waals surface area contributed by atoms with Gasteiger partial charge in [-0.3, -0.25) is 0 Å². The molecule has 3 nitrogen and oxygen atoms in total. The van der Waals surface area contributed by atoms with Crippen LogP contribution in [0, 0.1) is 6.92 Å². The summed E-state index contributed by atoms with van der Waals surface area (Å²) >= 11 is 3.40. The number of hydrogen-bond acceptors (Lipinski definition) is 2. The van der Waals surface area contributed by atoms with Crippen molar-refractivity contribution >= 4 is 21.7 Å². The maximum Gasteiger partial charge on any atom is 0.128 e. The summed E-state index contributed by atoms with van der Waals surface area (Å²) in [6, 6.07) is 6.16. The van der Waals surface area contributed by atoms with Gasteiger partial charge in [-0.1, -0.05) is 0 Å². The third kappa shape index (κ3) is 2.85. The van der Waals surface area contributed by atoms with Gasteiger partial charge in [0.15, 0.2) is 0 Å². The van der Waals surface area contributed by atoms with E-state index in [2.05, 4.69) is 50.3 Å². The number of aryl methyl sites for hydroxylation is 1. The molecule has 4 heteroatoms. The fourth-order valence-corrected chi connectivity index (χ4v) is 2.01. The molecular formula is C12H14BrN3. The van der Waals surface area contributed by atoms with E-state index in [1.807, 2.05) is 18.5 Å². The minimum Gasteiger partial charge on any atom is -0.369 e. The summed E-state index contributed by atoms with van der Waals surface area (Å²) in [5.74, 6) is 0.953. The smallest absolute Gasteiger partial charge is 0.128 e. The first-order valence-electron chi connectivity index (χ1n) is 5.24. The second-order valence-corrected chi connectivity index (χ2v) is 4.61. The SMILES string of the molecule is Cc1cc(Br)cnc1NCCc1ccc[nH]1.